The first kappa shape index (κ1) is 9.97. The smallest absolute Gasteiger partial charge is 0 e. The van der Waals surface area contributed by atoms with Crippen LogP contribution in [0, 0.1) is 0 Å². The fourth-order valence-electron chi connectivity index (χ4n) is 0.158. The maximum atomic E-state index is 4.00. The van der Waals surface area contributed by atoms with Gasteiger partial charge in [0.2, 0.25) is 0 Å². The standard InChI is InChI=1S/C4H10S.Co/c1-2-3-4-5;/h5H,2-4H2,1H3;. The van der Waals surface area contributed by atoms with Gasteiger partial charge in [-0.1, -0.05) is 13.3 Å². The van der Waals surface area contributed by atoms with Gasteiger partial charge < -0.3 is 0 Å². The zero-order valence-corrected chi connectivity index (χ0v) is 5.84. The minimum Gasteiger partial charge on any atom is -0.179 e. The Labute approximate surface area is 55.3 Å². The molecule has 0 aromatic heterocycles. The molecule has 41 valence electrons. The van der Waals surface area contributed by atoms with Crippen LogP contribution in [0.15, 0.2) is 0 Å². The van der Waals surface area contributed by atoms with Gasteiger partial charge in [0.05, 0.1) is 0 Å². The normalized spacial score (nSPS) is 7.00. The molecule has 0 saturated heterocycles. The molecule has 6 heavy (non-hydrogen) atoms. The molecule has 0 aromatic carbocycles. The molecule has 0 nitrogen and oxygen atoms in total. The van der Waals surface area contributed by atoms with E-state index in [0.717, 1.165) is 5.75 Å². The molecule has 0 N–H and O–H groups in total. The van der Waals surface area contributed by atoms with Crippen LogP contribution in [0.5, 0.6) is 0 Å². The van der Waals surface area contributed by atoms with Gasteiger partial charge in [0.1, 0.15) is 0 Å². The summed E-state index contributed by atoms with van der Waals surface area (Å²) in [5.41, 5.74) is 0. The van der Waals surface area contributed by atoms with Crippen LogP contribution in [0.1, 0.15) is 19.8 Å². The maximum Gasteiger partial charge on any atom is 0 e. The minimum atomic E-state index is 0. The number of hydrogen-bond acceptors (Lipinski definition) is 1. The van der Waals surface area contributed by atoms with E-state index >= 15 is 0 Å². The first-order valence-corrected chi connectivity index (χ1v) is 2.66. The van der Waals surface area contributed by atoms with Crippen molar-refractivity contribution in [2.75, 3.05) is 5.75 Å². The summed E-state index contributed by atoms with van der Waals surface area (Å²) in [5, 5.41) is 0. The van der Waals surface area contributed by atoms with Crippen LogP contribution in [0.2, 0.25) is 0 Å². The number of hydrogen-bond donors (Lipinski definition) is 1. The van der Waals surface area contributed by atoms with Crippen molar-refractivity contribution in [2.45, 2.75) is 19.8 Å². The molecule has 0 atom stereocenters. The summed E-state index contributed by atoms with van der Waals surface area (Å²) in [4.78, 5) is 0. The van der Waals surface area contributed by atoms with E-state index in [1.807, 2.05) is 0 Å². The van der Waals surface area contributed by atoms with Gasteiger partial charge >= 0.3 is 0 Å². The molecule has 0 rings (SSSR count). The van der Waals surface area contributed by atoms with Crippen molar-refractivity contribution in [1.29, 1.82) is 0 Å². The van der Waals surface area contributed by atoms with Crippen LogP contribution in [0.25, 0.3) is 0 Å². The molecule has 0 aliphatic rings. The minimum absolute atomic E-state index is 0. The first-order chi connectivity index (χ1) is 2.41. The van der Waals surface area contributed by atoms with Gasteiger partial charge in [-0.15, -0.1) is 0 Å². The molecule has 0 aliphatic carbocycles. The van der Waals surface area contributed by atoms with Gasteiger partial charge in [0.15, 0.2) is 0 Å². The summed E-state index contributed by atoms with van der Waals surface area (Å²) in [7, 11) is 0. The second-order valence-corrected chi connectivity index (χ2v) is 1.52. The summed E-state index contributed by atoms with van der Waals surface area (Å²) in [5.74, 6) is 1.04. The van der Waals surface area contributed by atoms with Crippen molar-refractivity contribution in [1.82, 2.24) is 0 Å². The molecule has 0 heterocycles. The monoisotopic (exact) mass is 149 g/mol. The van der Waals surface area contributed by atoms with Crippen molar-refractivity contribution in [3.63, 3.8) is 0 Å². The van der Waals surface area contributed by atoms with E-state index < -0.39 is 0 Å². The average molecular weight is 149 g/mol. The molecule has 0 spiro atoms. The number of rotatable bonds is 2. The Morgan fingerprint density at radius 3 is 2.00 bits per heavy atom. The molecule has 2 heteroatoms. The van der Waals surface area contributed by atoms with E-state index in [0.29, 0.717) is 0 Å². The van der Waals surface area contributed by atoms with Crippen LogP contribution < -0.4 is 0 Å². The Hall–Kier alpha value is 0.856. The molecule has 0 bridgehead atoms. The Bertz CT molecular complexity index is 15.0. The van der Waals surface area contributed by atoms with Crippen molar-refractivity contribution in [3.05, 3.63) is 0 Å². The average Bonchev–Trinajstić information content (AvgIpc) is 1.41. The summed E-state index contributed by atoms with van der Waals surface area (Å²) < 4.78 is 0. The van der Waals surface area contributed by atoms with E-state index in [1.165, 1.54) is 12.8 Å². The molecule has 0 amide bonds. The Balaban J connectivity index is 0. The third kappa shape index (κ3) is 8.85. The van der Waals surface area contributed by atoms with Crippen molar-refractivity contribution >= 4 is 12.6 Å². The van der Waals surface area contributed by atoms with Crippen LogP contribution >= 0.6 is 12.6 Å². The maximum absolute atomic E-state index is 4.00. The van der Waals surface area contributed by atoms with Gasteiger partial charge in [-0.05, 0) is 12.2 Å². The van der Waals surface area contributed by atoms with E-state index in [-0.39, 0.29) is 16.8 Å². The molecule has 0 fully saturated rings. The molecule has 0 saturated carbocycles. The largest absolute Gasteiger partial charge is 0.179 e. The SMILES string of the molecule is CCCCS.[Co]. The summed E-state index contributed by atoms with van der Waals surface area (Å²) in [6.07, 6.45) is 2.52. The summed E-state index contributed by atoms with van der Waals surface area (Å²) >= 11 is 4.00. The van der Waals surface area contributed by atoms with Gasteiger partial charge in [0, 0.05) is 16.8 Å². The number of unbranched alkanes of at least 4 members (excludes halogenated alkanes) is 1. The summed E-state index contributed by atoms with van der Waals surface area (Å²) in [6, 6.07) is 0. The van der Waals surface area contributed by atoms with Crippen LogP contribution in [0.4, 0.5) is 0 Å². The van der Waals surface area contributed by atoms with Gasteiger partial charge in [-0.3, -0.25) is 0 Å². The molecule has 0 aromatic rings. The predicted molar refractivity (Wildman–Crippen MR) is 28.8 cm³/mol. The van der Waals surface area contributed by atoms with Crippen LogP contribution in [-0.2, 0) is 16.8 Å². The van der Waals surface area contributed by atoms with Gasteiger partial charge in [0.25, 0.3) is 0 Å². The predicted octanol–water partition coefficient (Wildman–Crippen LogP) is 1.71. The quantitative estimate of drug-likeness (QED) is 0.568. The fourth-order valence-corrected chi connectivity index (χ4v) is 0.474. The van der Waals surface area contributed by atoms with E-state index in [2.05, 4.69) is 19.6 Å². The van der Waals surface area contributed by atoms with Crippen molar-refractivity contribution in [2.24, 2.45) is 0 Å². The van der Waals surface area contributed by atoms with Gasteiger partial charge in [-0.2, -0.15) is 12.6 Å². The molecular formula is C4H10CoS. The molecule has 0 unspecified atom stereocenters. The first-order valence-electron chi connectivity index (χ1n) is 2.02. The Morgan fingerprint density at radius 1 is 1.50 bits per heavy atom. The van der Waals surface area contributed by atoms with Gasteiger partial charge in [-0.25, -0.2) is 0 Å². The van der Waals surface area contributed by atoms with Crippen LogP contribution in [-0.4, -0.2) is 5.75 Å². The topological polar surface area (TPSA) is 0 Å². The molecule has 1 radical (unpaired) electrons. The van der Waals surface area contributed by atoms with E-state index in [4.69, 9.17) is 0 Å². The Kier molecular flexibility index (Phi) is 15.4. The molecule has 0 aliphatic heterocycles. The third-order valence-electron chi connectivity index (χ3n) is 0.512. The van der Waals surface area contributed by atoms with Crippen molar-refractivity contribution < 1.29 is 16.8 Å². The number of thiol groups is 1. The van der Waals surface area contributed by atoms with Crippen LogP contribution in [0.3, 0.4) is 0 Å². The fraction of sp³-hybridized carbons (Fsp3) is 1.00. The summed E-state index contributed by atoms with van der Waals surface area (Å²) in [6.45, 7) is 2.16. The second kappa shape index (κ2) is 9.29. The van der Waals surface area contributed by atoms with Crippen molar-refractivity contribution in [3.8, 4) is 0 Å². The molecular weight excluding hydrogens is 139 g/mol. The zero-order chi connectivity index (χ0) is 4.12. The second-order valence-electron chi connectivity index (χ2n) is 1.08. The van der Waals surface area contributed by atoms with E-state index in [1.54, 1.807) is 0 Å². The Morgan fingerprint density at radius 2 is 2.00 bits per heavy atom. The van der Waals surface area contributed by atoms with E-state index in [9.17, 15) is 0 Å². The zero-order valence-electron chi connectivity index (χ0n) is 3.90. The third-order valence-corrected chi connectivity index (χ3v) is 0.828.